The van der Waals surface area contributed by atoms with Crippen LogP contribution in [0.1, 0.15) is 0 Å². The lowest BCUT2D eigenvalue weighted by Crippen LogP contribution is -1.94. The molecule has 0 saturated carbocycles. The van der Waals surface area contributed by atoms with E-state index in [-0.39, 0.29) is 5.97 Å². The number of carbonyl (C=O) groups is 1. The van der Waals surface area contributed by atoms with Crippen LogP contribution in [0.25, 0.3) is 0 Å². The van der Waals surface area contributed by atoms with Gasteiger partial charge >= 0.3 is 5.97 Å². The first-order chi connectivity index (χ1) is 3.81. The number of hydrogen-bond acceptors (Lipinski definition) is 2. The van der Waals surface area contributed by atoms with Gasteiger partial charge in [-0.1, -0.05) is 18.7 Å². The minimum Gasteiger partial charge on any atom is -0.526 e. The molecule has 0 heterocycles. The van der Waals surface area contributed by atoms with Crippen molar-refractivity contribution in [2.24, 2.45) is 0 Å². The summed E-state index contributed by atoms with van der Waals surface area (Å²) in [6.45, 7) is 3.38. The minimum absolute atomic E-state index is 0.295. The SMILES string of the molecule is C=CC=CC(=O)O[SiH3]. The Hall–Kier alpha value is -0.833. The molecule has 0 aliphatic rings. The second-order valence-corrected chi connectivity index (χ2v) is 1.53. The van der Waals surface area contributed by atoms with Gasteiger partial charge in [-0.05, 0) is 0 Å². The summed E-state index contributed by atoms with van der Waals surface area (Å²) in [4.78, 5) is 10.2. The van der Waals surface area contributed by atoms with Crippen molar-refractivity contribution in [2.45, 2.75) is 0 Å². The molecule has 0 amide bonds. The molecule has 0 bridgehead atoms. The molecule has 0 aromatic rings. The lowest BCUT2D eigenvalue weighted by molar-refractivity contribution is -0.128. The van der Waals surface area contributed by atoms with Crippen molar-refractivity contribution < 1.29 is 9.22 Å². The fourth-order valence-corrected chi connectivity index (χ4v) is 0.351. The molecule has 3 heteroatoms. The quantitative estimate of drug-likeness (QED) is 0.286. The van der Waals surface area contributed by atoms with Crippen molar-refractivity contribution in [3.63, 3.8) is 0 Å². The van der Waals surface area contributed by atoms with Gasteiger partial charge in [-0.2, -0.15) is 0 Å². The molecule has 0 atom stereocenters. The van der Waals surface area contributed by atoms with Crippen LogP contribution in [0.5, 0.6) is 0 Å². The molecule has 0 unspecified atom stereocenters. The summed E-state index contributed by atoms with van der Waals surface area (Å²) in [5.41, 5.74) is 0. The van der Waals surface area contributed by atoms with E-state index in [1.807, 2.05) is 0 Å². The molecule has 0 saturated heterocycles. The molecule has 0 N–H and O–H groups in total. The molecule has 0 aromatic carbocycles. The Bertz CT molecular complexity index is 118. The molecule has 0 aliphatic heterocycles. The Morgan fingerprint density at radius 2 is 2.38 bits per heavy atom. The van der Waals surface area contributed by atoms with Crippen LogP contribution in [0.4, 0.5) is 0 Å². The van der Waals surface area contributed by atoms with Crippen molar-refractivity contribution in [3.8, 4) is 0 Å². The van der Waals surface area contributed by atoms with Gasteiger partial charge in [0.15, 0.2) is 0 Å². The summed E-state index contributed by atoms with van der Waals surface area (Å²) in [7, 11) is 0.455. The molecule has 0 rings (SSSR count). The zero-order chi connectivity index (χ0) is 6.41. The number of hydrogen-bond donors (Lipinski definition) is 0. The summed E-state index contributed by atoms with van der Waals surface area (Å²) in [6.07, 6.45) is 4.40. The molecular formula is C5H8O2Si. The molecule has 0 spiro atoms. The Labute approximate surface area is 51.4 Å². The van der Waals surface area contributed by atoms with Gasteiger partial charge in [-0.25, -0.2) is 4.79 Å². The summed E-state index contributed by atoms with van der Waals surface area (Å²) in [5.74, 6) is -0.295. The zero-order valence-corrected chi connectivity index (χ0v) is 6.76. The molecular weight excluding hydrogens is 120 g/mol. The van der Waals surface area contributed by atoms with E-state index in [1.165, 1.54) is 12.2 Å². The summed E-state index contributed by atoms with van der Waals surface area (Å²) in [5, 5.41) is 0. The third-order valence-electron chi connectivity index (χ3n) is 0.570. The first-order valence-electron chi connectivity index (χ1n) is 2.18. The van der Waals surface area contributed by atoms with E-state index >= 15 is 0 Å². The van der Waals surface area contributed by atoms with Crippen LogP contribution in [0, 0.1) is 0 Å². The summed E-state index contributed by atoms with van der Waals surface area (Å²) in [6, 6.07) is 0. The third kappa shape index (κ3) is 3.36. The van der Waals surface area contributed by atoms with Crippen molar-refractivity contribution in [1.29, 1.82) is 0 Å². The third-order valence-corrected chi connectivity index (χ3v) is 0.972. The minimum atomic E-state index is -0.295. The monoisotopic (exact) mass is 128 g/mol. The van der Waals surface area contributed by atoms with E-state index in [2.05, 4.69) is 11.0 Å². The van der Waals surface area contributed by atoms with E-state index in [0.29, 0.717) is 10.5 Å². The number of allylic oxidation sites excluding steroid dienone is 2. The lowest BCUT2D eigenvalue weighted by atomic mass is 10.5. The van der Waals surface area contributed by atoms with Gasteiger partial charge < -0.3 is 4.43 Å². The van der Waals surface area contributed by atoms with Crippen LogP contribution >= 0.6 is 0 Å². The Kier molecular flexibility index (Phi) is 3.88. The van der Waals surface area contributed by atoms with Crippen LogP contribution in [0.3, 0.4) is 0 Å². The van der Waals surface area contributed by atoms with Crippen LogP contribution in [-0.2, 0) is 9.22 Å². The van der Waals surface area contributed by atoms with Crippen LogP contribution < -0.4 is 0 Å². The largest absolute Gasteiger partial charge is 0.526 e. The van der Waals surface area contributed by atoms with Crippen LogP contribution in [0.15, 0.2) is 24.8 Å². The normalized spacial score (nSPS) is 9.50. The maximum atomic E-state index is 10.2. The van der Waals surface area contributed by atoms with Gasteiger partial charge in [0.1, 0.15) is 0 Å². The maximum absolute atomic E-state index is 10.2. The molecule has 8 heavy (non-hydrogen) atoms. The summed E-state index contributed by atoms with van der Waals surface area (Å²) >= 11 is 0. The van der Waals surface area contributed by atoms with E-state index in [1.54, 1.807) is 6.08 Å². The smallest absolute Gasteiger partial charge is 0.316 e. The van der Waals surface area contributed by atoms with E-state index < -0.39 is 0 Å². The highest BCUT2D eigenvalue weighted by molar-refractivity contribution is 6.07. The molecule has 2 nitrogen and oxygen atoms in total. The van der Waals surface area contributed by atoms with Crippen LogP contribution in [0.2, 0.25) is 0 Å². The zero-order valence-electron chi connectivity index (χ0n) is 4.76. The van der Waals surface area contributed by atoms with Gasteiger partial charge in [0.25, 0.3) is 0 Å². The molecule has 0 fully saturated rings. The highest BCUT2D eigenvalue weighted by atomic mass is 28.2. The topological polar surface area (TPSA) is 26.3 Å². The first-order valence-corrected chi connectivity index (χ1v) is 3.00. The Morgan fingerprint density at radius 3 is 2.75 bits per heavy atom. The molecule has 0 aliphatic carbocycles. The van der Waals surface area contributed by atoms with Crippen molar-refractivity contribution in [1.82, 2.24) is 0 Å². The molecule has 0 aromatic heterocycles. The predicted molar refractivity (Wildman–Crippen MR) is 35.4 cm³/mol. The van der Waals surface area contributed by atoms with Gasteiger partial charge in [0, 0.05) is 6.08 Å². The fraction of sp³-hybridized carbons (Fsp3) is 0. The average molecular weight is 128 g/mol. The van der Waals surface area contributed by atoms with Crippen LogP contribution in [-0.4, -0.2) is 16.5 Å². The highest BCUT2D eigenvalue weighted by Gasteiger charge is 1.84. The predicted octanol–water partition coefficient (Wildman–Crippen LogP) is -0.448. The first kappa shape index (κ1) is 7.17. The molecule has 0 radical (unpaired) electrons. The van der Waals surface area contributed by atoms with E-state index in [9.17, 15) is 4.79 Å². The number of rotatable bonds is 2. The second kappa shape index (κ2) is 4.33. The van der Waals surface area contributed by atoms with Crippen molar-refractivity contribution >= 4 is 16.5 Å². The highest BCUT2D eigenvalue weighted by Crippen LogP contribution is 1.75. The van der Waals surface area contributed by atoms with E-state index in [0.717, 1.165) is 0 Å². The number of carbonyl (C=O) groups excluding carboxylic acids is 1. The molecule has 44 valence electrons. The summed E-state index contributed by atoms with van der Waals surface area (Å²) < 4.78 is 4.42. The van der Waals surface area contributed by atoms with Gasteiger partial charge in [0.05, 0.1) is 0 Å². The lowest BCUT2D eigenvalue weighted by Gasteiger charge is -1.86. The van der Waals surface area contributed by atoms with Gasteiger partial charge in [-0.3, -0.25) is 0 Å². The Balaban J connectivity index is 3.52. The van der Waals surface area contributed by atoms with Crippen molar-refractivity contribution in [3.05, 3.63) is 24.8 Å². The Morgan fingerprint density at radius 1 is 1.75 bits per heavy atom. The second-order valence-electron chi connectivity index (χ2n) is 1.12. The average Bonchev–Trinajstić information content (AvgIpc) is 1.83. The van der Waals surface area contributed by atoms with Gasteiger partial charge in [0.2, 0.25) is 10.5 Å². The van der Waals surface area contributed by atoms with E-state index in [4.69, 9.17) is 0 Å². The fourth-order valence-electron chi connectivity index (χ4n) is 0.215. The maximum Gasteiger partial charge on any atom is 0.316 e. The standard InChI is InChI=1S/C5H8O2Si/c1-2-3-4-5(6)7-8/h2-4H,1H2,8H3. The van der Waals surface area contributed by atoms with Gasteiger partial charge in [-0.15, -0.1) is 0 Å². The van der Waals surface area contributed by atoms with Crippen molar-refractivity contribution in [2.75, 3.05) is 0 Å².